The molecule has 2 aromatic heterocycles. The number of carbonyl (C=O) groups is 1. The van der Waals surface area contributed by atoms with Crippen LogP contribution in [0.15, 0.2) is 36.9 Å². The second kappa shape index (κ2) is 5.91. The molecule has 2 heterocycles. The van der Waals surface area contributed by atoms with Crippen molar-refractivity contribution in [3.63, 3.8) is 0 Å². The van der Waals surface area contributed by atoms with E-state index in [4.69, 9.17) is 0 Å². The van der Waals surface area contributed by atoms with Crippen LogP contribution in [-0.2, 0) is 7.05 Å². The maximum atomic E-state index is 12.3. The number of nitrogens with one attached hydrogen (secondary N) is 2. The van der Waals surface area contributed by atoms with E-state index >= 15 is 0 Å². The second-order valence-electron chi connectivity index (χ2n) is 5.22. The van der Waals surface area contributed by atoms with Crippen LogP contribution < -0.4 is 10.6 Å². The number of aryl methyl sites for hydroxylation is 2. The van der Waals surface area contributed by atoms with Crippen LogP contribution in [0.25, 0.3) is 5.82 Å². The molecule has 0 aliphatic rings. The van der Waals surface area contributed by atoms with Crippen LogP contribution in [0, 0.1) is 13.8 Å². The number of hydrogen-bond donors (Lipinski definition) is 2. The van der Waals surface area contributed by atoms with Gasteiger partial charge >= 0.3 is 6.03 Å². The van der Waals surface area contributed by atoms with E-state index in [9.17, 15) is 4.79 Å². The van der Waals surface area contributed by atoms with Gasteiger partial charge in [-0.15, -0.1) is 10.2 Å². The van der Waals surface area contributed by atoms with E-state index in [2.05, 4.69) is 25.9 Å². The molecule has 2 N–H and O–H groups in total. The Bertz CT molecular complexity index is 818. The van der Waals surface area contributed by atoms with Crippen LogP contribution in [0.2, 0.25) is 0 Å². The van der Waals surface area contributed by atoms with Crippen molar-refractivity contribution in [2.24, 2.45) is 7.05 Å². The van der Waals surface area contributed by atoms with E-state index in [0.717, 1.165) is 16.9 Å². The zero-order chi connectivity index (χ0) is 16.4. The molecule has 0 aliphatic carbocycles. The minimum Gasteiger partial charge on any atom is -0.308 e. The summed E-state index contributed by atoms with van der Waals surface area (Å²) in [6.07, 6.45) is 3.07. The molecule has 2 amide bonds. The van der Waals surface area contributed by atoms with Crippen LogP contribution >= 0.6 is 0 Å². The number of aromatic nitrogens is 5. The van der Waals surface area contributed by atoms with E-state index < -0.39 is 0 Å². The standard InChI is InChI=1S/C15H17N7O/c1-10-4-6-12(7-5-10)18-15(23)19-13-11(2)21(3)20-14(13)22-8-16-17-9-22/h4-9H,1-3H3,(H2,18,19,23). The number of benzene rings is 1. The summed E-state index contributed by atoms with van der Waals surface area (Å²) in [5, 5.41) is 17.6. The van der Waals surface area contributed by atoms with Gasteiger partial charge < -0.3 is 10.6 Å². The third kappa shape index (κ3) is 3.05. The molecule has 8 nitrogen and oxygen atoms in total. The molecule has 118 valence electrons. The number of urea groups is 1. The Morgan fingerprint density at radius 3 is 2.35 bits per heavy atom. The van der Waals surface area contributed by atoms with Crippen molar-refractivity contribution in [1.82, 2.24) is 24.5 Å². The predicted molar refractivity (Wildman–Crippen MR) is 86.7 cm³/mol. The number of nitrogens with zero attached hydrogens (tertiary/aromatic N) is 5. The number of amides is 2. The van der Waals surface area contributed by atoms with Crippen LogP contribution in [0.5, 0.6) is 0 Å². The van der Waals surface area contributed by atoms with E-state index in [1.165, 1.54) is 12.7 Å². The van der Waals surface area contributed by atoms with E-state index in [-0.39, 0.29) is 6.03 Å². The fourth-order valence-corrected chi connectivity index (χ4v) is 2.14. The fourth-order valence-electron chi connectivity index (χ4n) is 2.14. The Kier molecular flexibility index (Phi) is 3.80. The number of rotatable bonds is 3. The van der Waals surface area contributed by atoms with Crippen molar-refractivity contribution in [2.45, 2.75) is 13.8 Å². The van der Waals surface area contributed by atoms with Crippen LogP contribution in [0.3, 0.4) is 0 Å². The van der Waals surface area contributed by atoms with Gasteiger partial charge in [0.2, 0.25) is 0 Å². The molecule has 0 bridgehead atoms. The third-order valence-electron chi connectivity index (χ3n) is 3.53. The van der Waals surface area contributed by atoms with Gasteiger partial charge in [0.05, 0.1) is 5.69 Å². The average molecular weight is 311 g/mol. The Hall–Kier alpha value is -3.16. The first-order valence-corrected chi connectivity index (χ1v) is 7.08. The first-order chi connectivity index (χ1) is 11.0. The van der Waals surface area contributed by atoms with Crippen molar-refractivity contribution >= 4 is 17.4 Å². The highest BCUT2D eigenvalue weighted by molar-refractivity contribution is 6.01. The molecule has 0 fully saturated rings. The Labute approximate surface area is 133 Å². The second-order valence-corrected chi connectivity index (χ2v) is 5.22. The molecular weight excluding hydrogens is 294 g/mol. The van der Waals surface area contributed by atoms with E-state index in [1.807, 2.05) is 45.2 Å². The van der Waals surface area contributed by atoms with Gasteiger partial charge in [-0.3, -0.25) is 9.25 Å². The molecule has 3 rings (SSSR count). The molecule has 0 saturated carbocycles. The van der Waals surface area contributed by atoms with Crippen molar-refractivity contribution in [3.8, 4) is 5.82 Å². The van der Waals surface area contributed by atoms with Gasteiger partial charge in [-0.25, -0.2) is 4.79 Å². The topological polar surface area (TPSA) is 89.7 Å². The minimum atomic E-state index is -0.334. The van der Waals surface area contributed by atoms with Gasteiger partial charge in [0, 0.05) is 12.7 Å². The number of anilines is 2. The Morgan fingerprint density at radius 1 is 1.04 bits per heavy atom. The summed E-state index contributed by atoms with van der Waals surface area (Å²) >= 11 is 0. The van der Waals surface area contributed by atoms with Crippen LogP contribution in [0.1, 0.15) is 11.3 Å². The molecule has 0 radical (unpaired) electrons. The summed E-state index contributed by atoms with van der Waals surface area (Å²) in [5.41, 5.74) is 3.29. The first kappa shape index (κ1) is 14.8. The smallest absolute Gasteiger partial charge is 0.308 e. The molecule has 23 heavy (non-hydrogen) atoms. The van der Waals surface area contributed by atoms with Crippen molar-refractivity contribution < 1.29 is 4.79 Å². The van der Waals surface area contributed by atoms with Gasteiger partial charge in [-0.1, -0.05) is 17.7 Å². The molecular formula is C15H17N7O. The van der Waals surface area contributed by atoms with Crippen molar-refractivity contribution in [3.05, 3.63) is 48.2 Å². The van der Waals surface area contributed by atoms with Gasteiger partial charge in [-0.05, 0) is 26.0 Å². The lowest BCUT2D eigenvalue weighted by molar-refractivity contribution is 0.262. The summed E-state index contributed by atoms with van der Waals surface area (Å²) in [7, 11) is 1.81. The van der Waals surface area contributed by atoms with Crippen molar-refractivity contribution in [2.75, 3.05) is 10.6 Å². The molecule has 0 atom stereocenters. The van der Waals surface area contributed by atoms with E-state index in [0.29, 0.717) is 11.5 Å². The Morgan fingerprint density at radius 2 is 1.70 bits per heavy atom. The highest BCUT2D eigenvalue weighted by atomic mass is 16.2. The summed E-state index contributed by atoms with van der Waals surface area (Å²) in [4.78, 5) is 12.3. The summed E-state index contributed by atoms with van der Waals surface area (Å²) in [6, 6.07) is 7.25. The molecule has 0 aliphatic heterocycles. The summed E-state index contributed by atoms with van der Waals surface area (Å²) in [5.74, 6) is 0.564. The summed E-state index contributed by atoms with van der Waals surface area (Å²) < 4.78 is 3.34. The molecule has 0 spiro atoms. The lowest BCUT2D eigenvalue weighted by Gasteiger charge is -2.09. The van der Waals surface area contributed by atoms with Crippen LogP contribution in [-0.4, -0.2) is 30.6 Å². The highest BCUT2D eigenvalue weighted by Crippen LogP contribution is 2.23. The SMILES string of the molecule is Cc1ccc(NC(=O)Nc2c(-n3cnnc3)nn(C)c2C)cc1. The highest BCUT2D eigenvalue weighted by Gasteiger charge is 2.17. The molecule has 0 saturated heterocycles. The third-order valence-corrected chi connectivity index (χ3v) is 3.53. The maximum absolute atomic E-state index is 12.3. The van der Waals surface area contributed by atoms with Gasteiger partial charge in [0.25, 0.3) is 0 Å². The van der Waals surface area contributed by atoms with Gasteiger partial charge in [0.1, 0.15) is 18.3 Å². The predicted octanol–water partition coefficient (Wildman–Crippen LogP) is 2.26. The quantitative estimate of drug-likeness (QED) is 0.776. The average Bonchev–Trinajstić information content (AvgIpc) is 3.14. The first-order valence-electron chi connectivity index (χ1n) is 7.08. The van der Waals surface area contributed by atoms with Gasteiger partial charge in [0.15, 0.2) is 5.82 Å². The molecule has 0 unspecified atom stereocenters. The lowest BCUT2D eigenvalue weighted by atomic mass is 10.2. The normalized spacial score (nSPS) is 10.6. The zero-order valence-corrected chi connectivity index (χ0v) is 13.1. The fraction of sp³-hybridized carbons (Fsp3) is 0.200. The monoisotopic (exact) mass is 311 g/mol. The lowest BCUT2D eigenvalue weighted by Crippen LogP contribution is -2.20. The molecule has 8 heteroatoms. The van der Waals surface area contributed by atoms with Gasteiger partial charge in [-0.2, -0.15) is 5.10 Å². The molecule has 3 aromatic rings. The maximum Gasteiger partial charge on any atom is 0.323 e. The number of hydrogen-bond acceptors (Lipinski definition) is 4. The largest absolute Gasteiger partial charge is 0.323 e. The van der Waals surface area contributed by atoms with Crippen LogP contribution in [0.4, 0.5) is 16.2 Å². The Balaban J connectivity index is 1.82. The zero-order valence-electron chi connectivity index (χ0n) is 13.1. The minimum absolute atomic E-state index is 0.334. The van der Waals surface area contributed by atoms with E-state index in [1.54, 1.807) is 9.25 Å². The molecule has 1 aromatic carbocycles. The number of carbonyl (C=O) groups excluding carboxylic acids is 1. The van der Waals surface area contributed by atoms with Crippen molar-refractivity contribution in [1.29, 1.82) is 0 Å². The summed E-state index contributed by atoms with van der Waals surface area (Å²) in [6.45, 7) is 3.87.